The summed E-state index contributed by atoms with van der Waals surface area (Å²) < 4.78 is 0. The Balaban J connectivity index is 1.80. The second-order valence-corrected chi connectivity index (χ2v) is 6.80. The van der Waals surface area contributed by atoms with Crippen molar-refractivity contribution in [2.24, 2.45) is 11.3 Å². The number of hydrogen-bond acceptors (Lipinski definition) is 1. The molecule has 0 bridgehead atoms. The van der Waals surface area contributed by atoms with Gasteiger partial charge in [0.25, 0.3) is 0 Å². The number of benzene rings is 1. The second-order valence-electron chi connectivity index (χ2n) is 6.80. The van der Waals surface area contributed by atoms with E-state index in [2.05, 4.69) is 63.5 Å². The highest BCUT2D eigenvalue weighted by molar-refractivity contribution is 5.25. The Labute approximate surface area is 112 Å². The van der Waals surface area contributed by atoms with Gasteiger partial charge in [-0.2, -0.15) is 0 Å². The largest absolute Gasteiger partial charge is 0.316 e. The average Bonchev–Trinajstić information content (AvgIpc) is 3.09. The molecule has 0 aromatic heterocycles. The first-order valence-electron chi connectivity index (χ1n) is 7.24. The molecule has 3 atom stereocenters. The van der Waals surface area contributed by atoms with Crippen LogP contribution in [0.1, 0.15) is 51.5 Å². The minimum Gasteiger partial charge on any atom is -0.316 e. The van der Waals surface area contributed by atoms with E-state index in [-0.39, 0.29) is 0 Å². The lowest BCUT2D eigenvalue weighted by Crippen LogP contribution is -2.37. The molecule has 1 fully saturated rings. The predicted molar refractivity (Wildman–Crippen MR) is 78.8 cm³/mol. The normalized spacial score (nSPS) is 24.9. The van der Waals surface area contributed by atoms with Crippen LogP contribution >= 0.6 is 0 Å². The molecule has 18 heavy (non-hydrogen) atoms. The zero-order valence-corrected chi connectivity index (χ0v) is 12.2. The number of nitrogens with one attached hydrogen (secondary N) is 1. The maximum atomic E-state index is 3.48. The topological polar surface area (TPSA) is 12.0 Å². The van der Waals surface area contributed by atoms with Crippen molar-refractivity contribution in [2.75, 3.05) is 7.05 Å². The molecule has 1 aromatic carbocycles. The molecule has 1 aliphatic carbocycles. The van der Waals surface area contributed by atoms with Crippen LogP contribution in [0.5, 0.6) is 0 Å². The Bertz CT molecular complexity index is 363. The van der Waals surface area contributed by atoms with Gasteiger partial charge in [-0.25, -0.2) is 0 Å². The van der Waals surface area contributed by atoms with Crippen LogP contribution in [0.3, 0.4) is 0 Å². The highest BCUT2D eigenvalue weighted by Crippen LogP contribution is 2.50. The van der Waals surface area contributed by atoms with Gasteiger partial charge in [0.15, 0.2) is 0 Å². The summed E-state index contributed by atoms with van der Waals surface area (Å²) in [6.07, 6.45) is 4.06. The van der Waals surface area contributed by atoms with E-state index in [1.165, 1.54) is 19.3 Å². The second kappa shape index (κ2) is 5.44. The van der Waals surface area contributed by atoms with Gasteiger partial charge in [0.05, 0.1) is 0 Å². The fourth-order valence-electron chi connectivity index (χ4n) is 3.07. The van der Waals surface area contributed by atoms with Crippen molar-refractivity contribution in [3.05, 3.63) is 35.9 Å². The van der Waals surface area contributed by atoms with Crippen molar-refractivity contribution in [1.29, 1.82) is 0 Å². The Morgan fingerprint density at radius 2 is 1.89 bits per heavy atom. The van der Waals surface area contributed by atoms with Gasteiger partial charge in [-0.05, 0) is 49.1 Å². The van der Waals surface area contributed by atoms with Crippen LogP contribution in [0.25, 0.3) is 0 Å². The van der Waals surface area contributed by atoms with E-state index in [1.54, 1.807) is 5.56 Å². The Kier molecular flexibility index (Phi) is 4.11. The molecule has 3 unspecified atom stereocenters. The SMILES string of the molecule is CNC(CCC1CC1c1ccccc1)C(C)(C)C. The van der Waals surface area contributed by atoms with Crippen LogP contribution in [0.2, 0.25) is 0 Å². The molecule has 1 saturated carbocycles. The summed E-state index contributed by atoms with van der Waals surface area (Å²) >= 11 is 0. The van der Waals surface area contributed by atoms with Crippen LogP contribution in [-0.4, -0.2) is 13.1 Å². The predicted octanol–water partition coefficient (Wildman–Crippen LogP) is 4.20. The van der Waals surface area contributed by atoms with Crippen molar-refractivity contribution in [3.63, 3.8) is 0 Å². The van der Waals surface area contributed by atoms with Gasteiger partial charge in [-0.3, -0.25) is 0 Å². The number of hydrogen-bond donors (Lipinski definition) is 1. The summed E-state index contributed by atoms with van der Waals surface area (Å²) in [6, 6.07) is 11.6. The summed E-state index contributed by atoms with van der Waals surface area (Å²) in [5, 5.41) is 3.48. The van der Waals surface area contributed by atoms with Gasteiger partial charge in [0.2, 0.25) is 0 Å². The summed E-state index contributed by atoms with van der Waals surface area (Å²) in [7, 11) is 2.09. The summed E-state index contributed by atoms with van der Waals surface area (Å²) in [4.78, 5) is 0. The van der Waals surface area contributed by atoms with Gasteiger partial charge in [-0.15, -0.1) is 0 Å². The van der Waals surface area contributed by atoms with E-state index in [4.69, 9.17) is 0 Å². The zero-order valence-electron chi connectivity index (χ0n) is 12.2. The lowest BCUT2D eigenvalue weighted by atomic mass is 9.83. The summed E-state index contributed by atoms with van der Waals surface area (Å²) in [6.45, 7) is 6.99. The molecule has 1 nitrogen and oxygen atoms in total. The van der Waals surface area contributed by atoms with Crippen molar-refractivity contribution >= 4 is 0 Å². The van der Waals surface area contributed by atoms with Gasteiger partial charge in [-0.1, -0.05) is 51.1 Å². The molecule has 0 saturated heterocycles. The molecule has 1 N–H and O–H groups in total. The van der Waals surface area contributed by atoms with Crippen molar-refractivity contribution in [1.82, 2.24) is 5.32 Å². The molecule has 0 radical (unpaired) electrons. The van der Waals surface area contributed by atoms with Crippen LogP contribution in [-0.2, 0) is 0 Å². The Hall–Kier alpha value is -0.820. The van der Waals surface area contributed by atoms with Crippen molar-refractivity contribution in [2.45, 2.75) is 52.0 Å². The maximum absolute atomic E-state index is 3.48. The fraction of sp³-hybridized carbons (Fsp3) is 0.647. The first-order chi connectivity index (χ1) is 8.52. The van der Waals surface area contributed by atoms with E-state index in [1.807, 2.05) is 0 Å². The van der Waals surface area contributed by atoms with E-state index >= 15 is 0 Å². The molecule has 0 amide bonds. The van der Waals surface area contributed by atoms with Gasteiger partial charge in [0.1, 0.15) is 0 Å². The standard InChI is InChI=1S/C17H27N/c1-17(2,3)16(18-4)11-10-14-12-15(14)13-8-6-5-7-9-13/h5-9,14-16,18H,10-12H2,1-4H3. The minimum absolute atomic E-state index is 0.367. The highest BCUT2D eigenvalue weighted by atomic mass is 14.9. The molecule has 1 heteroatoms. The minimum atomic E-state index is 0.367. The van der Waals surface area contributed by atoms with E-state index < -0.39 is 0 Å². The first kappa shape index (κ1) is 13.6. The van der Waals surface area contributed by atoms with E-state index in [9.17, 15) is 0 Å². The zero-order chi connectivity index (χ0) is 13.2. The lowest BCUT2D eigenvalue weighted by molar-refractivity contribution is 0.260. The third kappa shape index (κ3) is 3.35. The van der Waals surface area contributed by atoms with Gasteiger partial charge >= 0.3 is 0 Å². The molecular formula is C17H27N. The fourth-order valence-corrected chi connectivity index (χ4v) is 3.07. The third-order valence-corrected chi connectivity index (χ3v) is 4.37. The smallest absolute Gasteiger partial charge is 0.0113 e. The molecule has 0 aliphatic heterocycles. The molecule has 0 spiro atoms. The lowest BCUT2D eigenvalue weighted by Gasteiger charge is -2.30. The maximum Gasteiger partial charge on any atom is 0.0113 e. The average molecular weight is 245 g/mol. The third-order valence-electron chi connectivity index (χ3n) is 4.37. The van der Waals surface area contributed by atoms with Crippen molar-refractivity contribution < 1.29 is 0 Å². The van der Waals surface area contributed by atoms with E-state index in [0.29, 0.717) is 11.5 Å². The van der Waals surface area contributed by atoms with Crippen LogP contribution < -0.4 is 5.32 Å². The summed E-state index contributed by atoms with van der Waals surface area (Å²) in [5.41, 5.74) is 1.91. The van der Waals surface area contributed by atoms with Crippen molar-refractivity contribution in [3.8, 4) is 0 Å². The first-order valence-corrected chi connectivity index (χ1v) is 7.24. The van der Waals surface area contributed by atoms with E-state index in [0.717, 1.165) is 11.8 Å². The quantitative estimate of drug-likeness (QED) is 0.819. The summed E-state index contributed by atoms with van der Waals surface area (Å²) in [5.74, 6) is 1.76. The van der Waals surface area contributed by atoms with Crippen LogP contribution in [0.4, 0.5) is 0 Å². The monoisotopic (exact) mass is 245 g/mol. The Morgan fingerprint density at radius 3 is 2.44 bits per heavy atom. The number of rotatable bonds is 5. The molecule has 2 rings (SSSR count). The molecule has 1 aromatic rings. The van der Waals surface area contributed by atoms with Gasteiger partial charge < -0.3 is 5.32 Å². The van der Waals surface area contributed by atoms with Gasteiger partial charge in [0, 0.05) is 6.04 Å². The highest BCUT2D eigenvalue weighted by Gasteiger charge is 2.38. The van der Waals surface area contributed by atoms with Crippen LogP contribution in [0, 0.1) is 11.3 Å². The molecule has 0 heterocycles. The Morgan fingerprint density at radius 1 is 1.22 bits per heavy atom. The molecule has 1 aliphatic rings. The molecule has 100 valence electrons. The molecular weight excluding hydrogens is 218 g/mol. The van der Waals surface area contributed by atoms with Crippen LogP contribution in [0.15, 0.2) is 30.3 Å².